The molecule has 0 bridgehead atoms. The molecule has 0 saturated carbocycles. The number of Topliss-reactive ketones (excluding diaryl/α,β-unsaturated/α-hetero) is 1. The maximum absolute atomic E-state index is 12.9. The Kier molecular flexibility index (Phi) is 9.35. The molecule has 0 aliphatic carbocycles. The molecule has 4 nitrogen and oxygen atoms in total. The van der Waals surface area contributed by atoms with Crippen molar-refractivity contribution in [1.29, 1.82) is 0 Å². The largest absolute Gasteiger partial charge is 0.497 e. The third-order valence-electron chi connectivity index (χ3n) is 5.71. The summed E-state index contributed by atoms with van der Waals surface area (Å²) in [6.45, 7) is 6.48. The Morgan fingerprint density at radius 2 is 1.16 bits per heavy atom. The summed E-state index contributed by atoms with van der Waals surface area (Å²) in [7, 11) is 2.94. The van der Waals surface area contributed by atoms with Crippen molar-refractivity contribution in [1.82, 2.24) is 0 Å². The highest BCUT2D eigenvalue weighted by Gasteiger charge is 2.33. The molecule has 0 fully saturated rings. The van der Waals surface area contributed by atoms with Crippen LogP contribution in [0.4, 0.5) is 0 Å². The summed E-state index contributed by atoms with van der Waals surface area (Å²) in [6, 6.07) is 25.8. The van der Waals surface area contributed by atoms with Gasteiger partial charge in [0, 0.05) is 30.9 Å². The van der Waals surface area contributed by atoms with E-state index in [9.17, 15) is 4.79 Å². The van der Waals surface area contributed by atoms with Gasteiger partial charge in [0.1, 0.15) is 13.8 Å². The smallest absolute Gasteiger partial charge is 0.236 e. The van der Waals surface area contributed by atoms with Crippen molar-refractivity contribution < 1.29 is 19.0 Å². The maximum Gasteiger partial charge on any atom is 0.236 e. The number of carbonyl (C=O) groups excluding carboxylic acids is 1. The van der Waals surface area contributed by atoms with Crippen LogP contribution in [-0.4, -0.2) is 35.2 Å². The van der Waals surface area contributed by atoms with E-state index in [1.807, 2.05) is 60.7 Å². The van der Waals surface area contributed by atoms with Gasteiger partial charge < -0.3 is 14.2 Å². The van der Waals surface area contributed by atoms with Crippen LogP contribution in [0.2, 0.25) is 19.6 Å². The standard InChI is InChI=1S/C33H32O4Si/c1-35-30-19-17-29(18-20-30)33(37-3,25-26-38(4,5)6)24-23-32(36-2,28-15-11-8-12-16-28)22-21-31(34)27-13-9-7-10-14-27/h7-20H,1-6H3. The molecule has 3 aromatic carbocycles. The van der Waals surface area contributed by atoms with Gasteiger partial charge in [0.05, 0.1) is 7.11 Å². The van der Waals surface area contributed by atoms with E-state index in [1.54, 1.807) is 38.5 Å². The Morgan fingerprint density at radius 3 is 1.66 bits per heavy atom. The number of carbonyl (C=O) groups is 1. The minimum atomic E-state index is -1.79. The van der Waals surface area contributed by atoms with Gasteiger partial charge in [-0.25, -0.2) is 0 Å². The van der Waals surface area contributed by atoms with Gasteiger partial charge in [-0.3, -0.25) is 4.79 Å². The van der Waals surface area contributed by atoms with Crippen LogP contribution in [0.1, 0.15) is 21.5 Å². The Morgan fingerprint density at radius 1 is 0.658 bits per heavy atom. The van der Waals surface area contributed by atoms with Gasteiger partial charge in [0.15, 0.2) is 0 Å². The molecule has 0 spiro atoms. The highest BCUT2D eigenvalue weighted by atomic mass is 28.3. The van der Waals surface area contributed by atoms with Crippen LogP contribution in [0.5, 0.6) is 5.75 Å². The van der Waals surface area contributed by atoms with Gasteiger partial charge in [0.2, 0.25) is 17.0 Å². The van der Waals surface area contributed by atoms with E-state index in [0.717, 1.165) is 5.56 Å². The van der Waals surface area contributed by atoms with Crippen molar-refractivity contribution in [2.24, 2.45) is 0 Å². The lowest BCUT2D eigenvalue weighted by Crippen LogP contribution is -2.30. The summed E-state index contributed by atoms with van der Waals surface area (Å²) >= 11 is 0. The lowest BCUT2D eigenvalue weighted by molar-refractivity contribution is 0.0799. The van der Waals surface area contributed by atoms with Crippen molar-refractivity contribution in [3.8, 4) is 40.9 Å². The molecule has 0 heterocycles. The monoisotopic (exact) mass is 520 g/mol. The summed E-state index contributed by atoms with van der Waals surface area (Å²) in [5, 5.41) is 0. The van der Waals surface area contributed by atoms with Crippen LogP contribution in [-0.2, 0) is 20.7 Å². The van der Waals surface area contributed by atoms with E-state index in [4.69, 9.17) is 14.2 Å². The number of ketones is 1. The molecule has 0 aliphatic heterocycles. The second kappa shape index (κ2) is 12.5. The molecule has 38 heavy (non-hydrogen) atoms. The van der Waals surface area contributed by atoms with Crippen LogP contribution in [0, 0.1) is 35.1 Å². The lowest BCUT2D eigenvalue weighted by Gasteiger charge is -2.25. The van der Waals surface area contributed by atoms with Crippen LogP contribution in [0.25, 0.3) is 0 Å². The minimum absolute atomic E-state index is 0.323. The van der Waals surface area contributed by atoms with Crippen molar-refractivity contribution in [2.45, 2.75) is 30.8 Å². The number of benzene rings is 3. The molecular formula is C33H32O4Si. The molecule has 0 aliphatic rings. The summed E-state index contributed by atoms with van der Waals surface area (Å²) in [6.07, 6.45) is 0. The van der Waals surface area contributed by atoms with E-state index in [-0.39, 0.29) is 5.78 Å². The average Bonchev–Trinajstić information content (AvgIpc) is 2.95. The van der Waals surface area contributed by atoms with Gasteiger partial charge in [0.25, 0.3) is 0 Å². The zero-order valence-electron chi connectivity index (χ0n) is 22.7. The van der Waals surface area contributed by atoms with Crippen LogP contribution >= 0.6 is 0 Å². The third-order valence-corrected chi connectivity index (χ3v) is 6.58. The summed E-state index contributed by atoms with van der Waals surface area (Å²) in [5.41, 5.74) is 2.70. The summed E-state index contributed by atoms with van der Waals surface area (Å²) in [5.74, 6) is 16.0. The predicted molar refractivity (Wildman–Crippen MR) is 154 cm³/mol. The summed E-state index contributed by atoms with van der Waals surface area (Å²) in [4.78, 5) is 12.9. The van der Waals surface area contributed by atoms with E-state index >= 15 is 0 Å². The van der Waals surface area contributed by atoms with Gasteiger partial charge in [-0.05, 0) is 35.8 Å². The molecule has 2 atom stereocenters. The normalized spacial score (nSPS) is 13.6. The first-order chi connectivity index (χ1) is 18.2. The highest BCUT2D eigenvalue weighted by Crippen LogP contribution is 2.29. The topological polar surface area (TPSA) is 44.8 Å². The van der Waals surface area contributed by atoms with Crippen molar-refractivity contribution in [3.05, 3.63) is 102 Å². The Balaban J connectivity index is 2.24. The highest BCUT2D eigenvalue weighted by molar-refractivity contribution is 6.83. The number of ether oxygens (including phenoxy) is 3. The SMILES string of the molecule is COc1ccc(C(C#CC(C#CC(=O)c2ccccc2)(OC)c2ccccc2)(C#C[Si](C)(C)C)OC)cc1. The second-order valence-corrected chi connectivity index (χ2v) is 14.3. The minimum Gasteiger partial charge on any atom is -0.497 e. The molecule has 3 rings (SSSR count). The average molecular weight is 521 g/mol. The first kappa shape index (κ1) is 28.5. The third kappa shape index (κ3) is 7.04. The number of methoxy groups -OCH3 is 3. The van der Waals surface area contributed by atoms with Gasteiger partial charge >= 0.3 is 0 Å². The Bertz CT molecular complexity index is 1420. The van der Waals surface area contributed by atoms with E-state index in [2.05, 4.69) is 54.8 Å². The van der Waals surface area contributed by atoms with E-state index < -0.39 is 19.3 Å². The van der Waals surface area contributed by atoms with Crippen LogP contribution in [0.3, 0.4) is 0 Å². The lowest BCUT2D eigenvalue weighted by atomic mass is 9.90. The fourth-order valence-corrected chi connectivity index (χ4v) is 4.10. The molecule has 5 heteroatoms. The fourth-order valence-electron chi connectivity index (χ4n) is 3.55. The first-order valence-electron chi connectivity index (χ1n) is 12.2. The first-order valence-corrected chi connectivity index (χ1v) is 15.7. The Hall–Kier alpha value is -4.05. The molecule has 2 unspecified atom stereocenters. The van der Waals surface area contributed by atoms with Crippen molar-refractivity contribution >= 4 is 13.9 Å². The van der Waals surface area contributed by atoms with Gasteiger partial charge in [-0.1, -0.05) is 98.4 Å². The molecule has 192 valence electrons. The Labute approximate surface area is 227 Å². The molecular weight excluding hydrogens is 488 g/mol. The zero-order chi connectivity index (χ0) is 27.7. The van der Waals surface area contributed by atoms with E-state index in [1.165, 1.54) is 7.11 Å². The molecule has 3 aromatic rings. The van der Waals surface area contributed by atoms with Crippen molar-refractivity contribution in [3.63, 3.8) is 0 Å². The summed E-state index contributed by atoms with van der Waals surface area (Å²) < 4.78 is 17.3. The zero-order valence-corrected chi connectivity index (χ0v) is 23.7. The van der Waals surface area contributed by atoms with Crippen LogP contribution < -0.4 is 4.74 Å². The second-order valence-electron chi connectivity index (χ2n) is 9.56. The molecule has 0 N–H and O–H groups in total. The fraction of sp³-hybridized carbons (Fsp3) is 0.242. The molecule has 0 aromatic heterocycles. The van der Waals surface area contributed by atoms with Gasteiger partial charge in [-0.15, -0.1) is 5.54 Å². The number of rotatable bonds is 6. The molecule has 0 amide bonds. The van der Waals surface area contributed by atoms with Crippen LogP contribution in [0.15, 0.2) is 84.9 Å². The maximum atomic E-state index is 12.9. The number of hydrogen-bond donors (Lipinski definition) is 0. The molecule has 0 saturated heterocycles. The van der Waals surface area contributed by atoms with E-state index in [0.29, 0.717) is 16.9 Å². The molecule has 0 radical (unpaired) electrons. The number of hydrogen-bond acceptors (Lipinski definition) is 4. The quantitative estimate of drug-likeness (QED) is 0.177. The van der Waals surface area contributed by atoms with Crippen molar-refractivity contribution in [2.75, 3.05) is 21.3 Å². The van der Waals surface area contributed by atoms with Gasteiger partial charge in [-0.2, -0.15) is 0 Å². The predicted octanol–water partition coefficient (Wildman–Crippen LogP) is 5.85.